The van der Waals surface area contributed by atoms with Crippen LogP contribution in [0.2, 0.25) is 0 Å². The first-order chi connectivity index (χ1) is 9.74. The maximum atomic E-state index is 10.9. The molecule has 0 spiro atoms. The number of aromatic carboxylic acids is 1. The van der Waals surface area contributed by atoms with Gasteiger partial charge in [0.1, 0.15) is 4.88 Å². The maximum Gasteiger partial charge on any atom is 0.347 e. The minimum absolute atomic E-state index is 0.175. The molecule has 0 saturated heterocycles. The van der Waals surface area contributed by atoms with Crippen LogP contribution in [0.3, 0.4) is 0 Å². The van der Waals surface area contributed by atoms with Crippen LogP contribution in [0.5, 0.6) is 0 Å². The highest BCUT2D eigenvalue weighted by molar-refractivity contribution is 7.16. The Balaban J connectivity index is 2.01. The van der Waals surface area contributed by atoms with Gasteiger partial charge in [0.15, 0.2) is 10.8 Å². The Bertz CT molecular complexity index is 756. The van der Waals surface area contributed by atoms with Crippen LogP contribution in [0.15, 0.2) is 48.8 Å². The second-order valence-corrected chi connectivity index (χ2v) is 5.00. The summed E-state index contributed by atoms with van der Waals surface area (Å²) >= 11 is 1.06. The second kappa shape index (κ2) is 5.18. The van der Waals surface area contributed by atoms with E-state index in [1.807, 2.05) is 36.4 Å². The first kappa shape index (κ1) is 12.4. The zero-order valence-corrected chi connectivity index (χ0v) is 11.0. The van der Waals surface area contributed by atoms with Gasteiger partial charge >= 0.3 is 5.97 Å². The standard InChI is InChI=1S/C14H9N3O2S/c18-14(19)11-8-16-13(20-11)12-15-7-6-10(17-12)9-4-2-1-3-5-9/h1-8H,(H,18,19). The monoisotopic (exact) mass is 283 g/mol. The SMILES string of the molecule is O=C(O)c1cnc(-c2nccc(-c3ccccc3)n2)s1. The van der Waals surface area contributed by atoms with Crippen LogP contribution in [0.4, 0.5) is 0 Å². The zero-order chi connectivity index (χ0) is 13.9. The first-order valence-corrected chi connectivity index (χ1v) is 6.63. The van der Waals surface area contributed by atoms with Gasteiger partial charge in [0.25, 0.3) is 0 Å². The van der Waals surface area contributed by atoms with E-state index in [-0.39, 0.29) is 4.88 Å². The number of rotatable bonds is 3. The van der Waals surface area contributed by atoms with Gasteiger partial charge in [0.05, 0.1) is 11.9 Å². The molecule has 0 saturated carbocycles. The van der Waals surface area contributed by atoms with E-state index in [4.69, 9.17) is 5.11 Å². The van der Waals surface area contributed by atoms with Gasteiger partial charge < -0.3 is 5.11 Å². The van der Waals surface area contributed by atoms with Gasteiger partial charge in [-0.15, -0.1) is 11.3 Å². The van der Waals surface area contributed by atoms with Crippen LogP contribution in [0.25, 0.3) is 22.1 Å². The topological polar surface area (TPSA) is 76.0 Å². The molecule has 1 aromatic carbocycles. The van der Waals surface area contributed by atoms with E-state index in [9.17, 15) is 4.79 Å². The fourth-order valence-corrected chi connectivity index (χ4v) is 2.40. The molecule has 1 N–H and O–H groups in total. The number of hydrogen-bond acceptors (Lipinski definition) is 5. The third-order valence-electron chi connectivity index (χ3n) is 2.63. The van der Waals surface area contributed by atoms with Crippen LogP contribution in [0.1, 0.15) is 9.67 Å². The lowest BCUT2D eigenvalue weighted by molar-refractivity contribution is 0.0702. The Labute approximate surface area is 118 Å². The van der Waals surface area contributed by atoms with Crippen LogP contribution >= 0.6 is 11.3 Å². The predicted molar refractivity (Wildman–Crippen MR) is 75.5 cm³/mol. The smallest absolute Gasteiger partial charge is 0.347 e. The van der Waals surface area contributed by atoms with Gasteiger partial charge in [0, 0.05) is 11.8 Å². The molecule has 20 heavy (non-hydrogen) atoms. The van der Waals surface area contributed by atoms with Gasteiger partial charge in [0.2, 0.25) is 0 Å². The molecule has 2 aromatic heterocycles. The summed E-state index contributed by atoms with van der Waals surface area (Å²) in [7, 11) is 0. The number of nitrogens with zero attached hydrogens (tertiary/aromatic N) is 3. The minimum atomic E-state index is -0.993. The Kier molecular flexibility index (Phi) is 3.22. The molecule has 5 nitrogen and oxygen atoms in total. The summed E-state index contributed by atoms with van der Waals surface area (Å²) in [6, 6.07) is 11.5. The van der Waals surface area contributed by atoms with Crippen molar-refractivity contribution in [2.75, 3.05) is 0 Å². The van der Waals surface area contributed by atoms with Crippen LogP contribution < -0.4 is 0 Å². The zero-order valence-electron chi connectivity index (χ0n) is 10.2. The Hall–Kier alpha value is -2.60. The quantitative estimate of drug-likeness (QED) is 0.799. The minimum Gasteiger partial charge on any atom is -0.477 e. The molecule has 0 aliphatic carbocycles. The number of carbonyl (C=O) groups is 1. The lowest BCUT2D eigenvalue weighted by atomic mass is 10.1. The average molecular weight is 283 g/mol. The number of carboxylic acid groups (broad SMARTS) is 1. The van der Waals surface area contributed by atoms with Crippen LogP contribution in [0, 0.1) is 0 Å². The molecule has 0 radical (unpaired) electrons. The Morgan fingerprint density at radius 1 is 1.10 bits per heavy atom. The van der Waals surface area contributed by atoms with Crippen molar-refractivity contribution in [1.82, 2.24) is 15.0 Å². The molecule has 6 heteroatoms. The first-order valence-electron chi connectivity index (χ1n) is 5.82. The summed E-state index contributed by atoms with van der Waals surface area (Å²) in [5.74, 6) is -0.559. The number of carboxylic acids is 1. The molecule has 3 aromatic rings. The highest BCUT2D eigenvalue weighted by atomic mass is 32.1. The van der Waals surface area contributed by atoms with Gasteiger partial charge in [-0.1, -0.05) is 30.3 Å². The second-order valence-electron chi connectivity index (χ2n) is 3.97. The molecular formula is C14H9N3O2S. The molecule has 0 fully saturated rings. The highest BCUT2D eigenvalue weighted by Crippen LogP contribution is 2.24. The third kappa shape index (κ3) is 2.41. The number of benzene rings is 1. The summed E-state index contributed by atoms with van der Waals surface area (Å²) in [4.78, 5) is 23.7. The van der Waals surface area contributed by atoms with E-state index < -0.39 is 5.97 Å². The Morgan fingerprint density at radius 2 is 1.90 bits per heavy atom. The van der Waals surface area contributed by atoms with Crippen molar-refractivity contribution >= 4 is 17.3 Å². The van der Waals surface area contributed by atoms with Crippen molar-refractivity contribution in [1.29, 1.82) is 0 Å². The van der Waals surface area contributed by atoms with Crippen molar-refractivity contribution in [3.63, 3.8) is 0 Å². The third-order valence-corrected chi connectivity index (χ3v) is 3.61. The number of aromatic nitrogens is 3. The van der Waals surface area contributed by atoms with Crippen molar-refractivity contribution in [3.8, 4) is 22.1 Å². The molecular weight excluding hydrogens is 274 g/mol. The summed E-state index contributed by atoms with van der Waals surface area (Å²) in [6.07, 6.45) is 2.97. The van der Waals surface area contributed by atoms with Crippen LogP contribution in [-0.4, -0.2) is 26.0 Å². The molecule has 0 unspecified atom stereocenters. The lowest BCUT2D eigenvalue weighted by Gasteiger charge is -2.01. The van der Waals surface area contributed by atoms with Crippen LogP contribution in [-0.2, 0) is 0 Å². The van der Waals surface area contributed by atoms with Crippen molar-refractivity contribution in [2.24, 2.45) is 0 Å². The fraction of sp³-hybridized carbons (Fsp3) is 0. The lowest BCUT2D eigenvalue weighted by Crippen LogP contribution is -1.90. The van der Waals surface area contributed by atoms with E-state index in [2.05, 4.69) is 15.0 Å². The predicted octanol–water partition coefficient (Wildman–Crippen LogP) is 2.97. The normalized spacial score (nSPS) is 10.4. The largest absolute Gasteiger partial charge is 0.477 e. The van der Waals surface area contributed by atoms with Gasteiger partial charge in [-0.3, -0.25) is 0 Å². The highest BCUT2D eigenvalue weighted by Gasteiger charge is 2.12. The van der Waals surface area contributed by atoms with E-state index >= 15 is 0 Å². The van der Waals surface area contributed by atoms with E-state index in [0.29, 0.717) is 10.8 Å². The molecule has 0 aliphatic heterocycles. The summed E-state index contributed by atoms with van der Waals surface area (Å²) < 4.78 is 0. The van der Waals surface area contributed by atoms with Gasteiger partial charge in [-0.2, -0.15) is 0 Å². The van der Waals surface area contributed by atoms with Gasteiger partial charge in [-0.25, -0.2) is 19.7 Å². The van der Waals surface area contributed by atoms with Crippen molar-refractivity contribution < 1.29 is 9.90 Å². The summed E-state index contributed by atoms with van der Waals surface area (Å²) in [6.45, 7) is 0. The maximum absolute atomic E-state index is 10.9. The average Bonchev–Trinajstić information content (AvgIpc) is 2.98. The summed E-state index contributed by atoms with van der Waals surface area (Å²) in [5, 5.41) is 9.41. The molecule has 0 aliphatic rings. The molecule has 2 heterocycles. The molecule has 3 rings (SSSR count). The van der Waals surface area contributed by atoms with Gasteiger partial charge in [-0.05, 0) is 6.07 Å². The van der Waals surface area contributed by atoms with Crippen molar-refractivity contribution in [3.05, 3.63) is 53.7 Å². The Morgan fingerprint density at radius 3 is 2.60 bits per heavy atom. The molecule has 0 bridgehead atoms. The van der Waals surface area contributed by atoms with E-state index in [0.717, 1.165) is 22.6 Å². The molecule has 98 valence electrons. The number of thiazole rings is 1. The van der Waals surface area contributed by atoms with E-state index in [1.54, 1.807) is 6.20 Å². The fourth-order valence-electron chi connectivity index (χ4n) is 1.71. The molecule has 0 atom stereocenters. The number of hydrogen-bond donors (Lipinski definition) is 1. The van der Waals surface area contributed by atoms with Crippen molar-refractivity contribution in [2.45, 2.75) is 0 Å². The summed E-state index contributed by atoms with van der Waals surface area (Å²) in [5.41, 5.74) is 1.76. The molecule has 0 amide bonds. The van der Waals surface area contributed by atoms with E-state index in [1.165, 1.54) is 6.20 Å².